The van der Waals surface area contributed by atoms with Gasteiger partial charge in [0.25, 0.3) is 0 Å². The van der Waals surface area contributed by atoms with E-state index in [0.717, 1.165) is 0 Å². The third kappa shape index (κ3) is 2.39. The fourth-order valence-electron chi connectivity index (χ4n) is 3.60. The molecule has 0 saturated carbocycles. The van der Waals surface area contributed by atoms with Crippen molar-refractivity contribution in [1.82, 2.24) is 4.90 Å². The molecule has 0 N–H and O–H groups in total. The van der Waals surface area contributed by atoms with E-state index in [1.807, 2.05) is 4.90 Å². The Balaban J connectivity index is 1.72. The standard InChI is InChI=1S/C15H20FNO3S/c1-20-9-13-6-7-21(18,19)15(13)10-17(11-15)8-12-4-2-3-5-14(12)16/h2-5,13H,6-11H2,1H3/t13-/m0/s1. The molecule has 4 nitrogen and oxygen atoms in total. The fraction of sp³-hybridized carbons (Fsp3) is 0.600. The quantitative estimate of drug-likeness (QED) is 0.844. The van der Waals surface area contributed by atoms with E-state index >= 15 is 0 Å². The van der Waals surface area contributed by atoms with Gasteiger partial charge in [0.2, 0.25) is 0 Å². The Morgan fingerprint density at radius 1 is 1.38 bits per heavy atom. The lowest BCUT2D eigenvalue weighted by Crippen LogP contribution is -2.67. The summed E-state index contributed by atoms with van der Waals surface area (Å²) in [5.74, 6) is 0.0692. The first-order chi connectivity index (χ1) is 9.98. The molecule has 2 aliphatic heterocycles. The van der Waals surface area contributed by atoms with Gasteiger partial charge in [-0.05, 0) is 12.5 Å². The van der Waals surface area contributed by atoms with Crippen molar-refractivity contribution in [3.63, 3.8) is 0 Å². The summed E-state index contributed by atoms with van der Waals surface area (Å²) in [6, 6.07) is 6.64. The minimum Gasteiger partial charge on any atom is -0.384 e. The summed E-state index contributed by atoms with van der Waals surface area (Å²) in [5.41, 5.74) is 0.617. The van der Waals surface area contributed by atoms with Gasteiger partial charge < -0.3 is 4.74 Å². The van der Waals surface area contributed by atoms with Gasteiger partial charge in [-0.2, -0.15) is 0 Å². The van der Waals surface area contributed by atoms with Crippen molar-refractivity contribution >= 4 is 9.84 Å². The Morgan fingerprint density at radius 3 is 2.76 bits per heavy atom. The Kier molecular flexibility index (Phi) is 3.80. The molecule has 21 heavy (non-hydrogen) atoms. The lowest BCUT2D eigenvalue weighted by atomic mass is 9.83. The van der Waals surface area contributed by atoms with E-state index < -0.39 is 14.6 Å². The molecule has 0 bridgehead atoms. The predicted molar refractivity (Wildman–Crippen MR) is 78.2 cm³/mol. The summed E-state index contributed by atoms with van der Waals surface area (Å²) in [4.78, 5) is 2.00. The number of hydrogen-bond donors (Lipinski definition) is 0. The number of likely N-dealkylation sites (tertiary alicyclic amines) is 1. The topological polar surface area (TPSA) is 46.6 Å². The van der Waals surface area contributed by atoms with Crippen LogP contribution in [0.25, 0.3) is 0 Å². The van der Waals surface area contributed by atoms with Gasteiger partial charge in [0.15, 0.2) is 9.84 Å². The molecule has 0 aliphatic carbocycles. The van der Waals surface area contributed by atoms with Crippen LogP contribution in [0.5, 0.6) is 0 Å². The Bertz CT molecular complexity index is 626. The van der Waals surface area contributed by atoms with E-state index in [1.54, 1.807) is 25.3 Å². The molecule has 0 radical (unpaired) electrons. The molecule has 6 heteroatoms. The van der Waals surface area contributed by atoms with Crippen LogP contribution in [0.4, 0.5) is 4.39 Å². The number of rotatable bonds is 4. The normalized spacial score (nSPS) is 26.9. The van der Waals surface area contributed by atoms with Gasteiger partial charge in [0.1, 0.15) is 10.6 Å². The van der Waals surface area contributed by atoms with E-state index in [0.29, 0.717) is 38.2 Å². The first kappa shape index (κ1) is 14.9. The van der Waals surface area contributed by atoms with Crippen LogP contribution in [0.15, 0.2) is 24.3 Å². The van der Waals surface area contributed by atoms with Crippen LogP contribution in [0, 0.1) is 11.7 Å². The van der Waals surface area contributed by atoms with Crippen LogP contribution in [0.3, 0.4) is 0 Å². The fourth-order valence-corrected chi connectivity index (χ4v) is 6.05. The summed E-state index contributed by atoms with van der Waals surface area (Å²) in [5, 5.41) is 0. The predicted octanol–water partition coefficient (Wildman–Crippen LogP) is 1.46. The van der Waals surface area contributed by atoms with Crippen LogP contribution in [0.2, 0.25) is 0 Å². The van der Waals surface area contributed by atoms with Crippen LogP contribution in [-0.4, -0.2) is 50.6 Å². The average molecular weight is 313 g/mol. The van der Waals surface area contributed by atoms with Crippen LogP contribution >= 0.6 is 0 Å². The third-order valence-corrected chi connectivity index (χ3v) is 7.40. The zero-order chi connectivity index (χ0) is 15.1. The highest BCUT2D eigenvalue weighted by Crippen LogP contribution is 2.45. The lowest BCUT2D eigenvalue weighted by Gasteiger charge is -2.50. The highest BCUT2D eigenvalue weighted by atomic mass is 32.2. The highest BCUT2D eigenvalue weighted by Gasteiger charge is 2.61. The molecule has 1 aromatic carbocycles. The number of nitrogens with zero attached hydrogens (tertiary/aromatic N) is 1. The van der Waals surface area contributed by atoms with Gasteiger partial charge in [-0.3, -0.25) is 4.90 Å². The van der Waals surface area contributed by atoms with Gasteiger partial charge in [-0.25, -0.2) is 12.8 Å². The molecule has 0 aromatic heterocycles. The maximum atomic E-state index is 13.7. The Labute approximate surface area is 124 Å². The Morgan fingerprint density at radius 2 is 2.10 bits per heavy atom. The van der Waals surface area contributed by atoms with Gasteiger partial charge >= 0.3 is 0 Å². The maximum absolute atomic E-state index is 13.7. The molecule has 2 aliphatic rings. The molecule has 0 unspecified atom stereocenters. The van der Waals surface area contributed by atoms with E-state index in [4.69, 9.17) is 4.74 Å². The molecule has 1 aromatic rings. The Hall–Kier alpha value is -0.980. The smallest absolute Gasteiger partial charge is 0.158 e. The van der Waals surface area contributed by atoms with E-state index in [1.165, 1.54) is 6.07 Å². The molecule has 1 atom stereocenters. The highest BCUT2D eigenvalue weighted by molar-refractivity contribution is 7.93. The summed E-state index contributed by atoms with van der Waals surface area (Å²) in [6.07, 6.45) is 0.670. The number of ether oxygens (including phenoxy) is 1. The molecule has 2 saturated heterocycles. The molecule has 3 rings (SSSR count). The second-order valence-electron chi connectivity index (χ2n) is 6.06. The molecule has 1 spiro atoms. The molecule has 2 fully saturated rings. The number of hydrogen-bond acceptors (Lipinski definition) is 4. The summed E-state index contributed by atoms with van der Waals surface area (Å²) in [7, 11) is -1.47. The molecular weight excluding hydrogens is 293 g/mol. The largest absolute Gasteiger partial charge is 0.384 e. The summed E-state index contributed by atoms with van der Waals surface area (Å²) < 4.78 is 42.9. The number of benzene rings is 1. The average Bonchev–Trinajstić information content (AvgIpc) is 2.65. The summed E-state index contributed by atoms with van der Waals surface area (Å²) >= 11 is 0. The molecule has 2 heterocycles. The third-order valence-electron chi connectivity index (χ3n) is 4.80. The van der Waals surface area contributed by atoms with Crippen molar-refractivity contribution in [3.8, 4) is 0 Å². The van der Waals surface area contributed by atoms with Gasteiger partial charge in [0.05, 0.1) is 12.4 Å². The van der Waals surface area contributed by atoms with Crippen molar-refractivity contribution in [2.45, 2.75) is 17.7 Å². The number of methoxy groups -OCH3 is 1. The monoisotopic (exact) mass is 313 g/mol. The minimum atomic E-state index is -3.07. The van der Waals surface area contributed by atoms with Crippen LogP contribution in [-0.2, 0) is 21.1 Å². The van der Waals surface area contributed by atoms with E-state index in [-0.39, 0.29) is 17.5 Å². The van der Waals surface area contributed by atoms with E-state index in [9.17, 15) is 12.8 Å². The second kappa shape index (κ2) is 5.34. The van der Waals surface area contributed by atoms with Crippen molar-refractivity contribution < 1.29 is 17.5 Å². The number of halogens is 1. The first-order valence-corrected chi connectivity index (χ1v) is 8.81. The summed E-state index contributed by atoms with van der Waals surface area (Å²) in [6.45, 7) is 1.91. The van der Waals surface area contributed by atoms with Crippen LogP contribution < -0.4 is 0 Å². The zero-order valence-electron chi connectivity index (χ0n) is 12.1. The minimum absolute atomic E-state index is 0.0596. The van der Waals surface area contributed by atoms with Crippen molar-refractivity contribution in [2.24, 2.45) is 5.92 Å². The van der Waals surface area contributed by atoms with Crippen molar-refractivity contribution in [1.29, 1.82) is 0 Å². The van der Waals surface area contributed by atoms with Crippen molar-refractivity contribution in [2.75, 3.05) is 32.6 Å². The SMILES string of the molecule is COC[C@@H]1CCS(=O)(=O)C12CN(Cc1ccccc1F)C2. The maximum Gasteiger partial charge on any atom is 0.158 e. The lowest BCUT2D eigenvalue weighted by molar-refractivity contribution is 0.0405. The second-order valence-corrected chi connectivity index (χ2v) is 8.51. The van der Waals surface area contributed by atoms with Gasteiger partial charge in [-0.1, -0.05) is 18.2 Å². The number of sulfone groups is 1. The first-order valence-electron chi connectivity index (χ1n) is 7.15. The van der Waals surface area contributed by atoms with Crippen LogP contribution in [0.1, 0.15) is 12.0 Å². The molecule has 116 valence electrons. The zero-order valence-corrected chi connectivity index (χ0v) is 12.9. The van der Waals surface area contributed by atoms with E-state index in [2.05, 4.69) is 0 Å². The van der Waals surface area contributed by atoms with Crippen molar-refractivity contribution in [3.05, 3.63) is 35.6 Å². The molecule has 0 amide bonds. The van der Waals surface area contributed by atoms with Gasteiger partial charge in [-0.15, -0.1) is 0 Å². The van der Waals surface area contributed by atoms with Gasteiger partial charge in [0, 0.05) is 38.2 Å². The molecular formula is C15H20FNO3S.